The fourth-order valence-electron chi connectivity index (χ4n) is 2.80. The van der Waals surface area contributed by atoms with E-state index in [0.29, 0.717) is 18.5 Å². The summed E-state index contributed by atoms with van der Waals surface area (Å²) in [6.45, 7) is 4.30. The van der Waals surface area contributed by atoms with Gasteiger partial charge in [-0.3, -0.25) is 14.5 Å². The highest BCUT2D eigenvalue weighted by atomic mass is 19.2. The van der Waals surface area contributed by atoms with E-state index in [2.05, 4.69) is 5.32 Å². The summed E-state index contributed by atoms with van der Waals surface area (Å²) in [6.07, 6.45) is 0.425. The zero-order valence-corrected chi connectivity index (χ0v) is 14.0. The lowest BCUT2D eigenvalue weighted by molar-refractivity contribution is -0.146. The Kier molecular flexibility index (Phi) is 5.88. The molecule has 1 heterocycles. The third kappa shape index (κ3) is 4.29. The van der Waals surface area contributed by atoms with Crippen LogP contribution in [0.4, 0.5) is 8.78 Å². The van der Waals surface area contributed by atoms with Crippen LogP contribution in [-0.2, 0) is 20.9 Å². The molecule has 24 heavy (non-hydrogen) atoms. The highest BCUT2D eigenvalue weighted by Gasteiger charge is 2.38. The zero-order chi connectivity index (χ0) is 17.9. The molecule has 1 saturated heterocycles. The second kappa shape index (κ2) is 7.70. The van der Waals surface area contributed by atoms with E-state index in [9.17, 15) is 18.4 Å². The number of carbonyl (C=O) groups is 2. The van der Waals surface area contributed by atoms with Crippen molar-refractivity contribution in [3.63, 3.8) is 0 Å². The van der Waals surface area contributed by atoms with Gasteiger partial charge in [0, 0.05) is 25.0 Å². The van der Waals surface area contributed by atoms with Crippen molar-refractivity contribution in [3.05, 3.63) is 35.4 Å². The van der Waals surface area contributed by atoms with E-state index in [1.165, 1.54) is 13.2 Å². The van der Waals surface area contributed by atoms with Crippen molar-refractivity contribution in [2.45, 2.75) is 38.9 Å². The first-order valence-electron chi connectivity index (χ1n) is 7.88. The Morgan fingerprint density at radius 3 is 2.62 bits per heavy atom. The van der Waals surface area contributed by atoms with Gasteiger partial charge in [-0.25, -0.2) is 8.78 Å². The quantitative estimate of drug-likeness (QED) is 0.831. The van der Waals surface area contributed by atoms with E-state index in [1.54, 1.807) is 13.8 Å². The molecule has 0 saturated carbocycles. The molecule has 0 bridgehead atoms. The highest BCUT2D eigenvalue weighted by Crippen LogP contribution is 2.23. The van der Waals surface area contributed by atoms with Crippen LogP contribution in [0.15, 0.2) is 18.2 Å². The molecule has 1 N–H and O–H groups in total. The van der Waals surface area contributed by atoms with Crippen molar-refractivity contribution in [3.8, 4) is 0 Å². The van der Waals surface area contributed by atoms with Crippen LogP contribution in [0, 0.1) is 17.6 Å². The van der Waals surface area contributed by atoms with Crippen LogP contribution in [0.2, 0.25) is 0 Å². The molecule has 1 amide bonds. The molecule has 1 aliphatic rings. The van der Waals surface area contributed by atoms with Gasteiger partial charge in [-0.05, 0) is 24.1 Å². The standard InChI is InChI=1S/C17H22F2N2O3/c1-10(2)16(22)20-12-7-15(17(23)24-3)21(9-12)8-11-4-5-13(18)14(19)6-11/h4-6,10,12,15H,7-9H2,1-3H3,(H,20,22)/t12-,15+/m1/s1. The summed E-state index contributed by atoms with van der Waals surface area (Å²) < 4.78 is 31.2. The normalized spacial score (nSPS) is 21.1. The first-order chi connectivity index (χ1) is 11.3. The smallest absolute Gasteiger partial charge is 0.323 e. The summed E-state index contributed by atoms with van der Waals surface area (Å²) in [4.78, 5) is 25.7. The maximum absolute atomic E-state index is 13.4. The lowest BCUT2D eigenvalue weighted by Crippen LogP contribution is -2.39. The van der Waals surface area contributed by atoms with Gasteiger partial charge in [-0.1, -0.05) is 19.9 Å². The Bertz CT molecular complexity index is 622. The van der Waals surface area contributed by atoms with E-state index in [-0.39, 0.29) is 24.4 Å². The van der Waals surface area contributed by atoms with Crippen molar-refractivity contribution in [1.82, 2.24) is 10.2 Å². The van der Waals surface area contributed by atoms with E-state index < -0.39 is 23.6 Å². The number of nitrogens with zero attached hydrogens (tertiary/aromatic N) is 1. The molecular weight excluding hydrogens is 318 g/mol. The molecule has 0 aromatic heterocycles. The van der Waals surface area contributed by atoms with Gasteiger partial charge in [0.2, 0.25) is 5.91 Å². The number of halogens is 2. The van der Waals surface area contributed by atoms with E-state index in [0.717, 1.165) is 12.1 Å². The van der Waals surface area contributed by atoms with E-state index in [1.807, 2.05) is 4.90 Å². The maximum Gasteiger partial charge on any atom is 0.323 e. The number of amides is 1. The fraction of sp³-hybridized carbons (Fsp3) is 0.529. The summed E-state index contributed by atoms with van der Waals surface area (Å²) in [5.74, 6) is -2.48. The maximum atomic E-state index is 13.4. The van der Waals surface area contributed by atoms with Gasteiger partial charge in [0.05, 0.1) is 7.11 Å². The lowest BCUT2D eigenvalue weighted by atomic mass is 10.1. The van der Waals surface area contributed by atoms with Gasteiger partial charge < -0.3 is 10.1 Å². The number of nitrogens with one attached hydrogen (secondary N) is 1. The predicted octanol–water partition coefficient (Wildman–Crippen LogP) is 1.85. The molecule has 2 atom stereocenters. The minimum Gasteiger partial charge on any atom is -0.468 e. The third-order valence-corrected chi connectivity index (χ3v) is 4.12. The number of likely N-dealkylation sites (tertiary alicyclic amines) is 1. The molecule has 1 aromatic carbocycles. The molecule has 0 unspecified atom stereocenters. The number of benzene rings is 1. The summed E-state index contributed by atoms with van der Waals surface area (Å²) in [6, 6.07) is 2.94. The second-order valence-electron chi connectivity index (χ2n) is 6.31. The van der Waals surface area contributed by atoms with Crippen molar-refractivity contribution in [2.75, 3.05) is 13.7 Å². The molecule has 132 valence electrons. The zero-order valence-electron chi connectivity index (χ0n) is 14.0. The Morgan fingerprint density at radius 1 is 1.33 bits per heavy atom. The third-order valence-electron chi connectivity index (χ3n) is 4.12. The molecule has 5 nitrogen and oxygen atoms in total. The van der Waals surface area contributed by atoms with Crippen molar-refractivity contribution in [2.24, 2.45) is 5.92 Å². The van der Waals surface area contributed by atoms with Gasteiger partial charge in [-0.2, -0.15) is 0 Å². The average molecular weight is 340 g/mol. The van der Waals surface area contributed by atoms with Gasteiger partial charge >= 0.3 is 5.97 Å². The van der Waals surface area contributed by atoms with E-state index in [4.69, 9.17) is 4.74 Å². The number of ether oxygens (including phenoxy) is 1. The first-order valence-corrected chi connectivity index (χ1v) is 7.88. The largest absolute Gasteiger partial charge is 0.468 e. The Morgan fingerprint density at radius 2 is 2.04 bits per heavy atom. The summed E-state index contributed by atoms with van der Waals surface area (Å²) in [5, 5.41) is 2.90. The van der Waals surface area contributed by atoms with Crippen LogP contribution >= 0.6 is 0 Å². The van der Waals surface area contributed by atoms with Crippen LogP contribution in [-0.4, -0.2) is 42.5 Å². The highest BCUT2D eigenvalue weighted by molar-refractivity contribution is 5.79. The number of rotatable bonds is 5. The number of esters is 1. The van der Waals surface area contributed by atoms with E-state index >= 15 is 0 Å². The fourth-order valence-corrected chi connectivity index (χ4v) is 2.80. The minimum atomic E-state index is -0.925. The van der Waals surface area contributed by atoms with Crippen molar-refractivity contribution in [1.29, 1.82) is 0 Å². The number of methoxy groups -OCH3 is 1. The SMILES string of the molecule is COC(=O)[C@@H]1C[C@@H](NC(=O)C(C)C)CN1Cc1ccc(F)c(F)c1. The molecule has 0 spiro atoms. The molecule has 0 radical (unpaired) electrons. The van der Waals surface area contributed by atoms with Crippen LogP contribution in [0.5, 0.6) is 0 Å². The Balaban J connectivity index is 2.11. The molecule has 1 fully saturated rings. The monoisotopic (exact) mass is 340 g/mol. The minimum absolute atomic E-state index is 0.0849. The molecule has 0 aliphatic carbocycles. The van der Waals surface area contributed by atoms with Crippen LogP contribution in [0.25, 0.3) is 0 Å². The van der Waals surface area contributed by atoms with Gasteiger partial charge in [-0.15, -0.1) is 0 Å². The number of carbonyl (C=O) groups excluding carboxylic acids is 2. The van der Waals surface area contributed by atoms with Crippen LogP contribution in [0.3, 0.4) is 0 Å². The lowest BCUT2D eigenvalue weighted by Gasteiger charge is -2.22. The van der Waals surface area contributed by atoms with Crippen LogP contribution in [0.1, 0.15) is 25.8 Å². The van der Waals surface area contributed by atoms with Crippen molar-refractivity contribution >= 4 is 11.9 Å². The molecule has 2 rings (SSSR count). The molecule has 1 aromatic rings. The first kappa shape index (κ1) is 18.3. The topological polar surface area (TPSA) is 58.6 Å². The molecular formula is C17H22F2N2O3. The van der Waals surface area contributed by atoms with Crippen molar-refractivity contribution < 1.29 is 23.1 Å². The summed E-state index contributed by atoms with van der Waals surface area (Å²) in [7, 11) is 1.30. The summed E-state index contributed by atoms with van der Waals surface area (Å²) >= 11 is 0. The van der Waals surface area contributed by atoms with Gasteiger partial charge in [0.25, 0.3) is 0 Å². The molecule has 1 aliphatic heterocycles. The van der Waals surface area contributed by atoms with Gasteiger partial charge in [0.15, 0.2) is 11.6 Å². The number of hydrogen-bond donors (Lipinski definition) is 1. The predicted molar refractivity (Wildman–Crippen MR) is 84.0 cm³/mol. The average Bonchev–Trinajstić information content (AvgIpc) is 2.92. The number of hydrogen-bond acceptors (Lipinski definition) is 4. The Labute approximate surface area is 140 Å². The second-order valence-corrected chi connectivity index (χ2v) is 6.31. The summed E-state index contributed by atoms with van der Waals surface area (Å²) in [5.41, 5.74) is 0.554. The Hall–Kier alpha value is -2.02. The molecule has 7 heteroatoms. The van der Waals surface area contributed by atoms with Crippen LogP contribution < -0.4 is 5.32 Å². The van der Waals surface area contributed by atoms with Gasteiger partial charge in [0.1, 0.15) is 6.04 Å².